The van der Waals surface area contributed by atoms with Crippen LogP contribution in [0.2, 0.25) is 0 Å². The molecule has 2 rings (SSSR count). The molecule has 0 aromatic carbocycles. The molecular formula is C10H17ClN2O. The molecule has 0 N–H and O–H groups in total. The molecule has 14 heavy (non-hydrogen) atoms. The van der Waals surface area contributed by atoms with E-state index in [1.165, 1.54) is 32.4 Å². The second-order valence-electron chi connectivity index (χ2n) is 4.24. The molecule has 0 aromatic heterocycles. The number of rotatable bonds is 1. The topological polar surface area (TPSA) is 23.6 Å². The predicted molar refractivity (Wildman–Crippen MR) is 56.7 cm³/mol. The van der Waals surface area contributed by atoms with E-state index in [0.29, 0.717) is 6.04 Å². The van der Waals surface area contributed by atoms with Crippen LogP contribution in [-0.2, 0) is 0 Å². The fourth-order valence-corrected chi connectivity index (χ4v) is 2.64. The van der Waals surface area contributed by atoms with Gasteiger partial charge in [-0.3, -0.25) is 9.69 Å². The van der Waals surface area contributed by atoms with Crippen LogP contribution in [0.5, 0.6) is 0 Å². The van der Waals surface area contributed by atoms with Gasteiger partial charge in [-0.25, -0.2) is 0 Å². The molecule has 2 fully saturated rings. The number of amides is 1. The molecule has 0 radical (unpaired) electrons. The smallest absolute Gasteiger partial charge is 0.316 e. The maximum Gasteiger partial charge on any atom is 0.316 e. The molecule has 1 unspecified atom stereocenters. The lowest BCUT2D eigenvalue weighted by molar-refractivity contribution is 0.165. The minimum Gasteiger partial charge on any atom is -0.328 e. The zero-order valence-electron chi connectivity index (χ0n) is 8.41. The first kappa shape index (κ1) is 10.2. The van der Waals surface area contributed by atoms with Gasteiger partial charge in [0.15, 0.2) is 0 Å². The Hall–Kier alpha value is -0.280. The molecule has 0 aromatic rings. The molecule has 0 saturated carbocycles. The van der Waals surface area contributed by atoms with Gasteiger partial charge in [0.2, 0.25) is 0 Å². The van der Waals surface area contributed by atoms with Gasteiger partial charge in [-0.2, -0.15) is 0 Å². The molecule has 0 aliphatic carbocycles. The highest BCUT2D eigenvalue weighted by Crippen LogP contribution is 2.20. The van der Waals surface area contributed by atoms with Crippen LogP contribution in [0.25, 0.3) is 0 Å². The summed E-state index contributed by atoms with van der Waals surface area (Å²) in [6.07, 6.45) is 5.08. The Balaban J connectivity index is 1.85. The first-order valence-corrected chi connectivity index (χ1v) is 5.83. The highest BCUT2D eigenvalue weighted by molar-refractivity contribution is 6.62. The van der Waals surface area contributed by atoms with E-state index in [0.717, 1.165) is 19.5 Å². The number of hydrogen-bond donors (Lipinski definition) is 0. The summed E-state index contributed by atoms with van der Waals surface area (Å²) in [5.74, 6) is 0. The summed E-state index contributed by atoms with van der Waals surface area (Å²) in [7, 11) is 0. The average Bonchev–Trinajstić information content (AvgIpc) is 2.68. The summed E-state index contributed by atoms with van der Waals surface area (Å²) in [6.45, 7) is 4.08. The quantitative estimate of drug-likeness (QED) is 0.494. The third-order valence-electron chi connectivity index (χ3n) is 3.32. The third kappa shape index (κ3) is 2.20. The van der Waals surface area contributed by atoms with Gasteiger partial charge >= 0.3 is 5.37 Å². The van der Waals surface area contributed by atoms with Gasteiger partial charge in [-0.05, 0) is 44.0 Å². The van der Waals surface area contributed by atoms with Gasteiger partial charge in [0.1, 0.15) is 0 Å². The van der Waals surface area contributed by atoms with Crippen LogP contribution < -0.4 is 0 Å². The number of likely N-dealkylation sites (tertiary alicyclic amines) is 2. The van der Waals surface area contributed by atoms with Crippen molar-refractivity contribution in [2.75, 3.05) is 26.2 Å². The molecule has 1 amide bonds. The molecule has 0 bridgehead atoms. The normalized spacial score (nSPS) is 29.5. The second-order valence-corrected chi connectivity index (χ2v) is 4.56. The van der Waals surface area contributed by atoms with Crippen molar-refractivity contribution in [3.05, 3.63) is 0 Å². The van der Waals surface area contributed by atoms with E-state index in [4.69, 9.17) is 11.6 Å². The van der Waals surface area contributed by atoms with E-state index < -0.39 is 0 Å². The molecule has 2 aliphatic heterocycles. The van der Waals surface area contributed by atoms with Crippen molar-refractivity contribution in [1.82, 2.24) is 9.80 Å². The molecule has 4 heteroatoms. The molecule has 2 saturated heterocycles. The van der Waals surface area contributed by atoms with Crippen LogP contribution in [0.15, 0.2) is 0 Å². The van der Waals surface area contributed by atoms with E-state index in [2.05, 4.69) is 4.90 Å². The molecule has 2 heterocycles. The number of piperidine rings is 1. The maximum absolute atomic E-state index is 10.9. The van der Waals surface area contributed by atoms with Crippen molar-refractivity contribution in [3.8, 4) is 0 Å². The average molecular weight is 217 g/mol. The van der Waals surface area contributed by atoms with Crippen LogP contribution in [-0.4, -0.2) is 47.4 Å². The fraction of sp³-hybridized carbons (Fsp3) is 0.900. The number of carbonyl (C=O) groups excluding carboxylic acids is 1. The summed E-state index contributed by atoms with van der Waals surface area (Å²) < 4.78 is 0. The Morgan fingerprint density at radius 2 is 1.86 bits per heavy atom. The zero-order chi connectivity index (χ0) is 9.97. The standard InChI is InChI=1S/C10H17ClN2O/c11-10(14)13-7-4-9(8-13)12-5-2-1-3-6-12/h9H,1-8H2. The summed E-state index contributed by atoms with van der Waals surface area (Å²) in [5.41, 5.74) is 0. The molecule has 0 spiro atoms. The minimum atomic E-state index is -0.287. The third-order valence-corrected chi connectivity index (χ3v) is 3.56. The second kappa shape index (κ2) is 4.49. The van der Waals surface area contributed by atoms with Gasteiger partial charge < -0.3 is 4.90 Å². The van der Waals surface area contributed by atoms with Crippen LogP contribution in [0, 0.1) is 0 Å². The molecule has 2 aliphatic rings. The van der Waals surface area contributed by atoms with Crippen molar-refractivity contribution in [3.63, 3.8) is 0 Å². The Morgan fingerprint density at radius 1 is 1.14 bits per heavy atom. The molecule has 80 valence electrons. The lowest BCUT2D eigenvalue weighted by Gasteiger charge is -2.31. The number of hydrogen-bond acceptors (Lipinski definition) is 2. The Morgan fingerprint density at radius 3 is 2.43 bits per heavy atom. The van der Waals surface area contributed by atoms with E-state index in [-0.39, 0.29) is 5.37 Å². The Bertz CT molecular complexity index is 216. The summed E-state index contributed by atoms with van der Waals surface area (Å²) in [4.78, 5) is 15.2. The zero-order valence-corrected chi connectivity index (χ0v) is 9.17. The van der Waals surface area contributed by atoms with Crippen molar-refractivity contribution in [2.45, 2.75) is 31.7 Å². The van der Waals surface area contributed by atoms with Crippen LogP contribution >= 0.6 is 11.6 Å². The number of nitrogens with zero attached hydrogens (tertiary/aromatic N) is 2. The lowest BCUT2D eigenvalue weighted by atomic mass is 10.1. The van der Waals surface area contributed by atoms with Crippen LogP contribution in [0.1, 0.15) is 25.7 Å². The van der Waals surface area contributed by atoms with Crippen LogP contribution in [0.4, 0.5) is 4.79 Å². The summed E-state index contributed by atoms with van der Waals surface area (Å²) in [5, 5.41) is -0.287. The van der Waals surface area contributed by atoms with E-state index >= 15 is 0 Å². The van der Waals surface area contributed by atoms with E-state index in [1.54, 1.807) is 4.90 Å². The Kier molecular flexibility index (Phi) is 3.29. The Labute approximate surface area is 90.0 Å². The van der Waals surface area contributed by atoms with Crippen molar-refractivity contribution >= 4 is 17.0 Å². The first-order chi connectivity index (χ1) is 6.77. The van der Waals surface area contributed by atoms with E-state index in [9.17, 15) is 4.79 Å². The van der Waals surface area contributed by atoms with Gasteiger partial charge in [-0.1, -0.05) is 6.42 Å². The number of carbonyl (C=O) groups is 1. The molecular weight excluding hydrogens is 200 g/mol. The fourth-order valence-electron chi connectivity index (χ4n) is 2.48. The SMILES string of the molecule is O=C(Cl)N1CCC(N2CCCCC2)C1. The van der Waals surface area contributed by atoms with Crippen molar-refractivity contribution < 1.29 is 4.79 Å². The lowest BCUT2D eigenvalue weighted by Crippen LogP contribution is -2.41. The van der Waals surface area contributed by atoms with Crippen LogP contribution in [0.3, 0.4) is 0 Å². The highest BCUT2D eigenvalue weighted by Gasteiger charge is 2.29. The predicted octanol–water partition coefficient (Wildman–Crippen LogP) is 1.91. The number of halogens is 1. The molecule has 3 nitrogen and oxygen atoms in total. The van der Waals surface area contributed by atoms with Gasteiger partial charge in [0.05, 0.1) is 0 Å². The summed E-state index contributed by atoms with van der Waals surface area (Å²) in [6, 6.07) is 0.568. The summed E-state index contributed by atoms with van der Waals surface area (Å²) >= 11 is 5.46. The maximum atomic E-state index is 10.9. The minimum absolute atomic E-state index is 0.287. The highest BCUT2D eigenvalue weighted by atomic mass is 35.5. The monoisotopic (exact) mass is 216 g/mol. The van der Waals surface area contributed by atoms with Gasteiger partial charge in [-0.15, -0.1) is 0 Å². The van der Waals surface area contributed by atoms with Gasteiger partial charge in [0.25, 0.3) is 0 Å². The van der Waals surface area contributed by atoms with Crippen molar-refractivity contribution in [1.29, 1.82) is 0 Å². The molecule has 1 atom stereocenters. The largest absolute Gasteiger partial charge is 0.328 e. The first-order valence-electron chi connectivity index (χ1n) is 5.46. The van der Waals surface area contributed by atoms with Gasteiger partial charge in [0, 0.05) is 19.1 Å². The van der Waals surface area contributed by atoms with E-state index in [1.807, 2.05) is 0 Å². The van der Waals surface area contributed by atoms with Crippen molar-refractivity contribution in [2.24, 2.45) is 0 Å².